The zero-order valence-corrected chi connectivity index (χ0v) is 9.60. The number of likely N-dealkylation sites (tertiary alicyclic amines) is 1. The van der Waals surface area contributed by atoms with Crippen molar-refractivity contribution in [2.45, 2.75) is 44.1 Å². The Morgan fingerprint density at radius 1 is 1.00 bits per heavy atom. The Labute approximate surface area is 92.4 Å². The fraction of sp³-hybridized carbons (Fsp3) is 1.00. The maximum Gasteiger partial charge on any atom is 0.0440 e. The second-order valence-electron chi connectivity index (χ2n) is 6.18. The van der Waals surface area contributed by atoms with E-state index in [0.717, 1.165) is 11.3 Å². The van der Waals surface area contributed by atoms with Gasteiger partial charge in [-0.3, -0.25) is 4.90 Å². The summed E-state index contributed by atoms with van der Waals surface area (Å²) in [5.74, 6) is 1.07. The lowest BCUT2D eigenvalue weighted by molar-refractivity contribution is 0.116. The Bertz CT molecular complexity index is 280. The SMILES string of the molecule is C1CCN(C23CNCC24CCCC43)CC1. The average molecular weight is 206 g/mol. The van der Waals surface area contributed by atoms with Crippen LogP contribution in [0.2, 0.25) is 0 Å². The molecule has 0 radical (unpaired) electrons. The van der Waals surface area contributed by atoms with Gasteiger partial charge >= 0.3 is 0 Å². The molecule has 2 heteroatoms. The maximum absolute atomic E-state index is 3.68. The van der Waals surface area contributed by atoms with E-state index in [2.05, 4.69) is 10.2 Å². The van der Waals surface area contributed by atoms with Crippen molar-refractivity contribution in [3.8, 4) is 0 Å². The third-order valence-electron chi connectivity index (χ3n) is 5.89. The predicted octanol–water partition coefficient (Wildman–Crippen LogP) is 1.61. The minimum absolute atomic E-state index is 0.645. The van der Waals surface area contributed by atoms with Crippen LogP contribution in [-0.4, -0.2) is 36.6 Å². The molecule has 3 atom stereocenters. The van der Waals surface area contributed by atoms with Crippen LogP contribution in [0, 0.1) is 11.3 Å². The molecule has 2 aliphatic heterocycles. The summed E-state index contributed by atoms with van der Waals surface area (Å²) in [7, 11) is 0. The van der Waals surface area contributed by atoms with Crippen LogP contribution in [0.3, 0.4) is 0 Å². The third kappa shape index (κ3) is 0.861. The largest absolute Gasteiger partial charge is 0.314 e. The van der Waals surface area contributed by atoms with Crippen molar-refractivity contribution in [1.82, 2.24) is 10.2 Å². The molecule has 1 N–H and O–H groups in total. The van der Waals surface area contributed by atoms with Crippen molar-refractivity contribution in [2.24, 2.45) is 11.3 Å². The average Bonchev–Trinajstić information content (AvgIpc) is 2.70. The van der Waals surface area contributed by atoms with Gasteiger partial charge in [0.1, 0.15) is 0 Å². The summed E-state index contributed by atoms with van der Waals surface area (Å²) in [6.07, 6.45) is 8.91. The molecular formula is C13H22N2. The first-order valence-corrected chi connectivity index (χ1v) is 6.86. The molecule has 2 nitrogen and oxygen atoms in total. The molecule has 2 aliphatic carbocycles. The second kappa shape index (κ2) is 2.78. The maximum atomic E-state index is 3.68. The molecule has 0 amide bonds. The number of nitrogens with zero attached hydrogens (tertiary/aromatic N) is 1. The lowest BCUT2D eigenvalue weighted by atomic mass is 9.95. The summed E-state index contributed by atoms with van der Waals surface area (Å²) >= 11 is 0. The van der Waals surface area contributed by atoms with Gasteiger partial charge in [-0.25, -0.2) is 0 Å². The Hall–Kier alpha value is -0.0800. The highest BCUT2D eigenvalue weighted by molar-refractivity contribution is 5.35. The van der Waals surface area contributed by atoms with E-state index >= 15 is 0 Å². The summed E-state index contributed by atoms with van der Waals surface area (Å²) in [6, 6.07) is 0. The number of piperidine rings is 2. The summed E-state index contributed by atoms with van der Waals surface area (Å²) in [5, 5.41) is 3.68. The molecule has 1 spiro atoms. The molecule has 0 aromatic heterocycles. The zero-order chi connectivity index (χ0) is 9.93. The molecule has 4 fully saturated rings. The van der Waals surface area contributed by atoms with Gasteiger partial charge in [0.25, 0.3) is 0 Å². The topological polar surface area (TPSA) is 15.3 Å². The van der Waals surface area contributed by atoms with Gasteiger partial charge in [0.15, 0.2) is 0 Å². The van der Waals surface area contributed by atoms with E-state index < -0.39 is 0 Å². The Morgan fingerprint density at radius 3 is 2.67 bits per heavy atom. The fourth-order valence-electron chi connectivity index (χ4n) is 5.35. The first kappa shape index (κ1) is 9.00. The highest BCUT2D eigenvalue weighted by Gasteiger charge is 2.81. The standard InChI is InChI=1S/C13H22N2/c1-2-7-15(8-3-1)13-10-14-9-12(13)6-4-5-11(12)13/h11,14H,1-10H2. The Balaban J connectivity index is 1.65. The summed E-state index contributed by atoms with van der Waals surface area (Å²) in [5.41, 5.74) is 1.38. The molecule has 2 heterocycles. The fourth-order valence-corrected chi connectivity index (χ4v) is 5.35. The molecule has 0 bridgehead atoms. The number of nitrogens with one attached hydrogen (secondary N) is 1. The van der Waals surface area contributed by atoms with Crippen LogP contribution in [0.15, 0.2) is 0 Å². The van der Waals surface area contributed by atoms with Gasteiger partial charge in [0, 0.05) is 24.0 Å². The van der Waals surface area contributed by atoms with Crippen molar-refractivity contribution in [3.63, 3.8) is 0 Å². The van der Waals surface area contributed by atoms with E-state index in [1.54, 1.807) is 0 Å². The molecular weight excluding hydrogens is 184 g/mol. The first-order valence-electron chi connectivity index (χ1n) is 6.86. The number of fused-ring (bicyclic) bond motifs is 1. The van der Waals surface area contributed by atoms with E-state index in [-0.39, 0.29) is 0 Å². The predicted molar refractivity (Wildman–Crippen MR) is 60.8 cm³/mol. The van der Waals surface area contributed by atoms with Crippen LogP contribution < -0.4 is 5.32 Å². The zero-order valence-electron chi connectivity index (χ0n) is 9.60. The van der Waals surface area contributed by atoms with Gasteiger partial charge in [0.2, 0.25) is 0 Å². The lowest BCUT2D eigenvalue weighted by Crippen LogP contribution is -2.47. The van der Waals surface area contributed by atoms with Gasteiger partial charge in [-0.2, -0.15) is 0 Å². The highest BCUT2D eigenvalue weighted by Crippen LogP contribution is 2.75. The highest BCUT2D eigenvalue weighted by atomic mass is 15.3. The molecule has 15 heavy (non-hydrogen) atoms. The van der Waals surface area contributed by atoms with E-state index in [1.165, 1.54) is 64.7 Å². The second-order valence-corrected chi connectivity index (χ2v) is 6.18. The molecule has 4 rings (SSSR count). The number of hydrogen-bond acceptors (Lipinski definition) is 2. The van der Waals surface area contributed by atoms with Gasteiger partial charge in [-0.1, -0.05) is 12.8 Å². The van der Waals surface area contributed by atoms with Crippen LogP contribution in [0.4, 0.5) is 0 Å². The minimum Gasteiger partial charge on any atom is -0.314 e. The van der Waals surface area contributed by atoms with Crippen molar-refractivity contribution < 1.29 is 0 Å². The molecule has 2 saturated carbocycles. The summed E-state index contributed by atoms with van der Waals surface area (Å²) in [4.78, 5) is 2.88. The van der Waals surface area contributed by atoms with Crippen LogP contribution in [-0.2, 0) is 0 Å². The van der Waals surface area contributed by atoms with Gasteiger partial charge in [0.05, 0.1) is 0 Å². The molecule has 2 saturated heterocycles. The minimum atomic E-state index is 0.645. The normalized spacial score (nSPS) is 54.0. The van der Waals surface area contributed by atoms with Crippen molar-refractivity contribution in [3.05, 3.63) is 0 Å². The third-order valence-corrected chi connectivity index (χ3v) is 5.89. The van der Waals surface area contributed by atoms with Crippen molar-refractivity contribution >= 4 is 0 Å². The van der Waals surface area contributed by atoms with Crippen LogP contribution >= 0.6 is 0 Å². The van der Waals surface area contributed by atoms with E-state index in [0.29, 0.717) is 5.54 Å². The van der Waals surface area contributed by atoms with Crippen LogP contribution in [0.25, 0.3) is 0 Å². The smallest absolute Gasteiger partial charge is 0.0440 e. The van der Waals surface area contributed by atoms with E-state index in [4.69, 9.17) is 0 Å². The van der Waals surface area contributed by atoms with Gasteiger partial charge in [-0.15, -0.1) is 0 Å². The lowest BCUT2D eigenvalue weighted by Gasteiger charge is -2.37. The Kier molecular flexibility index (Phi) is 1.67. The van der Waals surface area contributed by atoms with E-state index in [9.17, 15) is 0 Å². The van der Waals surface area contributed by atoms with Crippen LogP contribution in [0.1, 0.15) is 38.5 Å². The molecule has 84 valence electrons. The monoisotopic (exact) mass is 206 g/mol. The molecule has 3 unspecified atom stereocenters. The number of hydrogen-bond donors (Lipinski definition) is 1. The molecule has 0 aromatic carbocycles. The quantitative estimate of drug-likeness (QED) is 0.701. The summed E-state index contributed by atoms with van der Waals surface area (Å²) < 4.78 is 0. The van der Waals surface area contributed by atoms with E-state index in [1.807, 2.05) is 0 Å². The van der Waals surface area contributed by atoms with Gasteiger partial charge in [-0.05, 0) is 44.7 Å². The van der Waals surface area contributed by atoms with Gasteiger partial charge < -0.3 is 5.32 Å². The Morgan fingerprint density at radius 2 is 1.87 bits per heavy atom. The number of rotatable bonds is 1. The van der Waals surface area contributed by atoms with Crippen LogP contribution in [0.5, 0.6) is 0 Å². The first-order chi connectivity index (χ1) is 7.40. The van der Waals surface area contributed by atoms with Crippen molar-refractivity contribution in [2.75, 3.05) is 26.2 Å². The van der Waals surface area contributed by atoms with Crippen molar-refractivity contribution in [1.29, 1.82) is 0 Å². The molecule has 4 aliphatic rings. The molecule has 0 aromatic rings. The summed E-state index contributed by atoms with van der Waals surface area (Å²) in [6.45, 7) is 5.41.